The Kier molecular flexibility index (Phi) is 8.53. The molecule has 1 aromatic heterocycles. The molecule has 0 bridgehead atoms. The Hall–Kier alpha value is -3.27. The number of benzene rings is 2. The van der Waals surface area contributed by atoms with Gasteiger partial charge in [-0.3, -0.25) is 20.0 Å². The fraction of sp³-hybridized carbons (Fsp3) is 0.250. The zero-order valence-electron chi connectivity index (χ0n) is 18.6. The van der Waals surface area contributed by atoms with Crippen LogP contribution in [0.3, 0.4) is 0 Å². The van der Waals surface area contributed by atoms with Gasteiger partial charge in [0, 0.05) is 34.9 Å². The number of nitrogens with zero attached hydrogens (tertiary/aromatic N) is 2. The first-order valence-electron chi connectivity index (χ1n) is 10.5. The van der Waals surface area contributed by atoms with E-state index in [0.29, 0.717) is 34.0 Å². The third-order valence-electron chi connectivity index (χ3n) is 4.87. The van der Waals surface area contributed by atoms with Crippen LogP contribution in [0.2, 0.25) is 0 Å². The molecule has 3 rings (SSSR count). The molecule has 172 valence electrons. The molecule has 4 N–H and O–H groups in total. The van der Waals surface area contributed by atoms with Crippen molar-refractivity contribution in [3.8, 4) is 11.3 Å². The third-order valence-corrected chi connectivity index (χ3v) is 6.33. The van der Waals surface area contributed by atoms with Crippen LogP contribution in [0.25, 0.3) is 11.3 Å². The van der Waals surface area contributed by atoms with Crippen LogP contribution >= 0.6 is 0 Å². The summed E-state index contributed by atoms with van der Waals surface area (Å²) in [7, 11) is 0.699. The average Bonchev–Trinajstić information content (AvgIpc) is 2.83. The monoisotopic (exact) mass is 465 g/mol. The van der Waals surface area contributed by atoms with E-state index in [0.717, 1.165) is 17.7 Å². The first-order valence-corrected chi connectivity index (χ1v) is 11.8. The SMILES string of the molecule is CNCc1ccc(C(=N)OC(=N)c2nc(-c3ccc(S(=O)CCCO)cc3)cnc2C)cc1. The lowest BCUT2D eigenvalue weighted by molar-refractivity contribution is 0.296. The number of aliphatic hydroxyl groups is 1. The van der Waals surface area contributed by atoms with Crippen molar-refractivity contribution in [2.24, 2.45) is 0 Å². The zero-order valence-corrected chi connectivity index (χ0v) is 19.4. The largest absolute Gasteiger partial charge is 0.419 e. The molecule has 1 unspecified atom stereocenters. The summed E-state index contributed by atoms with van der Waals surface area (Å²) >= 11 is 0. The Balaban J connectivity index is 1.74. The van der Waals surface area contributed by atoms with Crippen LogP contribution in [0.5, 0.6) is 0 Å². The molecule has 0 radical (unpaired) electrons. The third kappa shape index (κ3) is 6.38. The molecule has 1 heterocycles. The highest BCUT2D eigenvalue weighted by atomic mass is 32.2. The Morgan fingerprint density at radius 1 is 1.09 bits per heavy atom. The molecule has 0 fully saturated rings. The van der Waals surface area contributed by atoms with Gasteiger partial charge < -0.3 is 15.2 Å². The predicted octanol–water partition coefficient (Wildman–Crippen LogP) is 3.03. The second-order valence-electron chi connectivity index (χ2n) is 7.33. The fourth-order valence-electron chi connectivity index (χ4n) is 3.08. The molecular formula is C24H27N5O3S. The number of aromatic nitrogens is 2. The van der Waals surface area contributed by atoms with Crippen LogP contribution in [0, 0.1) is 17.7 Å². The second-order valence-corrected chi connectivity index (χ2v) is 8.90. The van der Waals surface area contributed by atoms with Crippen LogP contribution in [-0.2, 0) is 22.1 Å². The molecule has 0 saturated heterocycles. The molecule has 9 heteroatoms. The number of rotatable bonds is 9. The topological polar surface area (TPSA) is 132 Å². The maximum Gasteiger partial charge on any atom is 0.241 e. The van der Waals surface area contributed by atoms with Gasteiger partial charge in [0.05, 0.1) is 28.4 Å². The zero-order chi connectivity index (χ0) is 23.8. The molecule has 33 heavy (non-hydrogen) atoms. The molecule has 0 aliphatic rings. The quantitative estimate of drug-likeness (QED) is 0.284. The van der Waals surface area contributed by atoms with Gasteiger partial charge in [0.2, 0.25) is 11.8 Å². The van der Waals surface area contributed by atoms with Crippen LogP contribution in [0.4, 0.5) is 0 Å². The first kappa shape index (κ1) is 24.4. The Labute approximate surface area is 195 Å². The maximum absolute atomic E-state index is 12.2. The van der Waals surface area contributed by atoms with E-state index in [-0.39, 0.29) is 24.1 Å². The van der Waals surface area contributed by atoms with Gasteiger partial charge in [0.15, 0.2) is 0 Å². The van der Waals surface area contributed by atoms with E-state index in [2.05, 4.69) is 15.3 Å². The highest BCUT2D eigenvalue weighted by Crippen LogP contribution is 2.20. The molecule has 1 atom stereocenters. The number of hydrogen-bond acceptors (Lipinski definition) is 8. The summed E-state index contributed by atoms with van der Waals surface area (Å²) in [6, 6.07) is 14.5. The summed E-state index contributed by atoms with van der Waals surface area (Å²) < 4.78 is 17.7. The predicted molar refractivity (Wildman–Crippen MR) is 129 cm³/mol. The lowest BCUT2D eigenvalue weighted by atomic mass is 10.1. The number of aliphatic hydroxyl groups excluding tert-OH is 1. The van der Waals surface area contributed by atoms with Crippen molar-refractivity contribution in [3.05, 3.63) is 77.2 Å². The number of aryl methyl sites for hydroxylation is 1. The molecule has 3 aromatic rings. The summed E-state index contributed by atoms with van der Waals surface area (Å²) in [5.74, 6) is 0.00780. The molecule has 0 aliphatic heterocycles. The fourth-order valence-corrected chi connectivity index (χ4v) is 4.15. The van der Waals surface area contributed by atoms with E-state index in [9.17, 15) is 4.21 Å². The minimum absolute atomic E-state index is 0.0126. The molecule has 0 aliphatic carbocycles. The summed E-state index contributed by atoms with van der Waals surface area (Å²) in [6.45, 7) is 2.47. The number of ether oxygens (including phenoxy) is 1. The van der Waals surface area contributed by atoms with E-state index in [4.69, 9.17) is 20.7 Å². The van der Waals surface area contributed by atoms with Gasteiger partial charge >= 0.3 is 0 Å². The van der Waals surface area contributed by atoms with E-state index < -0.39 is 10.8 Å². The minimum Gasteiger partial charge on any atom is -0.419 e. The van der Waals surface area contributed by atoms with Gasteiger partial charge in [0.1, 0.15) is 5.69 Å². The molecule has 8 nitrogen and oxygen atoms in total. The van der Waals surface area contributed by atoms with Crippen molar-refractivity contribution < 1.29 is 14.1 Å². The summed E-state index contributed by atoms with van der Waals surface area (Å²) in [5, 5.41) is 28.5. The van der Waals surface area contributed by atoms with Crippen molar-refractivity contribution >= 4 is 22.6 Å². The normalized spacial score (nSPS) is 11.7. The van der Waals surface area contributed by atoms with Crippen molar-refractivity contribution in [2.75, 3.05) is 19.4 Å². The smallest absolute Gasteiger partial charge is 0.241 e. The van der Waals surface area contributed by atoms with Gasteiger partial charge in [0.25, 0.3) is 0 Å². The maximum atomic E-state index is 12.2. The molecule has 0 spiro atoms. The van der Waals surface area contributed by atoms with Crippen LogP contribution < -0.4 is 5.32 Å². The Bertz CT molecular complexity index is 1150. The lowest BCUT2D eigenvalue weighted by Crippen LogP contribution is -2.16. The Morgan fingerprint density at radius 2 is 1.79 bits per heavy atom. The number of nitrogens with one attached hydrogen (secondary N) is 3. The van der Waals surface area contributed by atoms with E-state index in [1.807, 2.05) is 19.2 Å². The minimum atomic E-state index is -1.17. The first-order chi connectivity index (χ1) is 15.9. The Morgan fingerprint density at radius 3 is 2.42 bits per heavy atom. The van der Waals surface area contributed by atoms with Crippen molar-refractivity contribution in [2.45, 2.75) is 24.8 Å². The highest BCUT2D eigenvalue weighted by Gasteiger charge is 2.15. The van der Waals surface area contributed by atoms with E-state index in [1.54, 1.807) is 49.5 Å². The van der Waals surface area contributed by atoms with Crippen molar-refractivity contribution in [1.29, 1.82) is 10.8 Å². The number of hydrogen-bond donors (Lipinski definition) is 4. The van der Waals surface area contributed by atoms with Crippen LogP contribution in [0.1, 0.15) is 28.9 Å². The van der Waals surface area contributed by atoms with Crippen molar-refractivity contribution in [3.63, 3.8) is 0 Å². The summed E-state index contributed by atoms with van der Waals surface area (Å²) in [6.07, 6.45) is 2.09. The molecular weight excluding hydrogens is 438 g/mol. The average molecular weight is 466 g/mol. The van der Waals surface area contributed by atoms with Gasteiger partial charge in [-0.05, 0) is 50.2 Å². The highest BCUT2D eigenvalue weighted by molar-refractivity contribution is 7.85. The standard InChI is InChI=1S/C24H27N5O3S/c1-16-22(24(26)32-23(25)19-6-4-17(5-7-19)14-27-2)29-21(15-28-16)18-8-10-20(11-9-18)33(31)13-3-12-30/h4-11,15,25-27,30H,3,12-14H2,1-2H3. The molecule has 0 amide bonds. The van der Waals surface area contributed by atoms with Crippen LogP contribution in [-0.4, -0.2) is 50.5 Å². The summed E-state index contributed by atoms with van der Waals surface area (Å²) in [4.78, 5) is 9.54. The van der Waals surface area contributed by atoms with Gasteiger partial charge in [-0.25, -0.2) is 4.98 Å². The van der Waals surface area contributed by atoms with E-state index in [1.165, 1.54) is 0 Å². The van der Waals surface area contributed by atoms with Gasteiger partial charge in [-0.15, -0.1) is 0 Å². The van der Waals surface area contributed by atoms with E-state index >= 15 is 0 Å². The second kappa shape index (κ2) is 11.6. The summed E-state index contributed by atoms with van der Waals surface area (Å²) in [5.41, 5.74) is 3.71. The lowest BCUT2D eigenvalue weighted by Gasteiger charge is -2.11. The van der Waals surface area contributed by atoms with Crippen molar-refractivity contribution in [1.82, 2.24) is 15.3 Å². The van der Waals surface area contributed by atoms with Gasteiger partial charge in [-0.1, -0.05) is 24.3 Å². The molecule has 2 aromatic carbocycles. The molecule has 0 saturated carbocycles. The van der Waals surface area contributed by atoms with Gasteiger partial charge in [-0.2, -0.15) is 0 Å². The van der Waals surface area contributed by atoms with Crippen LogP contribution in [0.15, 0.2) is 59.6 Å².